The number of nitrogens with one attached hydrogen (secondary N) is 1. The third kappa shape index (κ3) is 3.81. The van der Waals surface area contributed by atoms with E-state index >= 15 is 0 Å². The molecular weight excluding hydrogens is 363 g/mol. The Bertz CT molecular complexity index is 939. The van der Waals surface area contributed by atoms with Gasteiger partial charge in [-0.1, -0.05) is 17.3 Å². The molecule has 0 saturated heterocycles. The highest BCUT2D eigenvalue weighted by Crippen LogP contribution is 2.33. The Hall–Kier alpha value is -3.23. The largest absolute Gasteiger partial charge is 0.486 e. The van der Waals surface area contributed by atoms with Gasteiger partial charge in [-0.3, -0.25) is 0 Å². The van der Waals surface area contributed by atoms with Crippen molar-refractivity contribution in [3.8, 4) is 22.9 Å². The molecule has 0 aliphatic carbocycles. The molecule has 6 nitrogen and oxygen atoms in total. The second-order valence-corrected chi connectivity index (χ2v) is 5.80. The van der Waals surface area contributed by atoms with Crippen LogP contribution in [0.2, 0.25) is 0 Å². The van der Waals surface area contributed by atoms with E-state index < -0.39 is 11.7 Å². The maximum absolute atomic E-state index is 12.6. The summed E-state index contributed by atoms with van der Waals surface area (Å²) in [5, 5.41) is 6.93. The average Bonchev–Trinajstić information content (AvgIpc) is 3.15. The van der Waals surface area contributed by atoms with E-state index in [9.17, 15) is 13.2 Å². The molecule has 1 aromatic heterocycles. The third-order valence-electron chi connectivity index (χ3n) is 3.92. The molecule has 0 bridgehead atoms. The lowest BCUT2D eigenvalue weighted by atomic mass is 10.1. The van der Waals surface area contributed by atoms with Gasteiger partial charge in [-0.15, -0.1) is 0 Å². The lowest BCUT2D eigenvalue weighted by molar-refractivity contribution is -0.137. The van der Waals surface area contributed by atoms with Gasteiger partial charge in [-0.2, -0.15) is 18.2 Å². The highest BCUT2D eigenvalue weighted by atomic mass is 19.4. The molecule has 0 saturated carbocycles. The van der Waals surface area contributed by atoms with Crippen molar-refractivity contribution in [1.82, 2.24) is 10.1 Å². The van der Waals surface area contributed by atoms with Gasteiger partial charge in [0.25, 0.3) is 0 Å². The van der Waals surface area contributed by atoms with Crippen LogP contribution in [0.3, 0.4) is 0 Å². The molecule has 3 aromatic rings. The van der Waals surface area contributed by atoms with E-state index in [-0.39, 0.29) is 12.4 Å². The standard InChI is InChI=1S/C18H14F3N3O3/c19-18(20,21)12-3-1-11(2-4-12)17-23-16(27-24-17)10-22-13-5-6-14-15(9-13)26-8-7-25-14/h1-6,9,22H,7-8,10H2. The molecule has 2 heterocycles. The third-order valence-corrected chi connectivity index (χ3v) is 3.92. The van der Waals surface area contributed by atoms with Gasteiger partial charge in [0.1, 0.15) is 13.2 Å². The number of benzene rings is 2. The second kappa shape index (κ2) is 6.82. The van der Waals surface area contributed by atoms with E-state index in [0.29, 0.717) is 36.2 Å². The Balaban J connectivity index is 1.42. The molecule has 0 spiro atoms. The lowest BCUT2D eigenvalue weighted by Gasteiger charge is -2.18. The minimum atomic E-state index is -4.38. The van der Waals surface area contributed by atoms with E-state index in [1.165, 1.54) is 12.1 Å². The van der Waals surface area contributed by atoms with Crippen LogP contribution in [0.4, 0.5) is 18.9 Å². The van der Waals surface area contributed by atoms with E-state index in [0.717, 1.165) is 17.8 Å². The zero-order valence-corrected chi connectivity index (χ0v) is 13.9. The van der Waals surface area contributed by atoms with Crippen molar-refractivity contribution in [2.45, 2.75) is 12.7 Å². The van der Waals surface area contributed by atoms with Gasteiger partial charge < -0.3 is 19.3 Å². The van der Waals surface area contributed by atoms with Crippen molar-refractivity contribution in [3.63, 3.8) is 0 Å². The van der Waals surface area contributed by atoms with Crippen molar-refractivity contribution >= 4 is 5.69 Å². The van der Waals surface area contributed by atoms with Crippen LogP contribution in [-0.2, 0) is 12.7 Å². The van der Waals surface area contributed by atoms with E-state index in [4.69, 9.17) is 14.0 Å². The number of halogens is 3. The maximum Gasteiger partial charge on any atom is 0.416 e. The number of aromatic nitrogens is 2. The summed E-state index contributed by atoms with van der Waals surface area (Å²) in [6.07, 6.45) is -4.38. The van der Waals surface area contributed by atoms with Crippen LogP contribution in [0.1, 0.15) is 11.5 Å². The molecule has 1 aliphatic heterocycles. The Morgan fingerprint density at radius 2 is 1.70 bits per heavy atom. The average molecular weight is 377 g/mol. The highest BCUT2D eigenvalue weighted by molar-refractivity contribution is 5.56. The summed E-state index contributed by atoms with van der Waals surface area (Å²) in [5.74, 6) is 1.87. The van der Waals surface area contributed by atoms with Crippen molar-refractivity contribution in [3.05, 3.63) is 53.9 Å². The number of ether oxygens (including phenoxy) is 2. The molecule has 0 amide bonds. The zero-order valence-electron chi connectivity index (χ0n) is 13.9. The quantitative estimate of drug-likeness (QED) is 0.737. The van der Waals surface area contributed by atoms with Crippen LogP contribution >= 0.6 is 0 Å². The Morgan fingerprint density at radius 3 is 2.44 bits per heavy atom. The summed E-state index contributed by atoms with van der Waals surface area (Å²) in [6.45, 7) is 1.28. The molecule has 27 heavy (non-hydrogen) atoms. The molecule has 0 atom stereocenters. The van der Waals surface area contributed by atoms with E-state index in [1.807, 2.05) is 12.1 Å². The van der Waals surface area contributed by atoms with Crippen molar-refractivity contribution in [1.29, 1.82) is 0 Å². The minimum absolute atomic E-state index is 0.225. The fourth-order valence-corrected chi connectivity index (χ4v) is 2.58. The van der Waals surface area contributed by atoms with Crippen LogP contribution in [0.15, 0.2) is 47.0 Å². The van der Waals surface area contributed by atoms with Gasteiger partial charge in [0.2, 0.25) is 11.7 Å². The van der Waals surface area contributed by atoms with Crippen LogP contribution in [0, 0.1) is 0 Å². The van der Waals surface area contributed by atoms with Crippen LogP contribution in [0.5, 0.6) is 11.5 Å². The summed E-state index contributed by atoms with van der Waals surface area (Å²) in [4.78, 5) is 4.20. The monoisotopic (exact) mass is 377 g/mol. The smallest absolute Gasteiger partial charge is 0.416 e. The number of hydrogen-bond acceptors (Lipinski definition) is 6. The lowest BCUT2D eigenvalue weighted by Crippen LogP contribution is -2.15. The molecule has 0 fully saturated rings. The van der Waals surface area contributed by atoms with Crippen molar-refractivity contribution < 1.29 is 27.2 Å². The zero-order chi connectivity index (χ0) is 18.9. The predicted octanol–water partition coefficient (Wildman–Crippen LogP) is 4.14. The SMILES string of the molecule is FC(F)(F)c1ccc(-c2noc(CNc3ccc4c(c3)OCCO4)n2)cc1. The molecule has 2 aromatic carbocycles. The number of fused-ring (bicyclic) bond motifs is 1. The van der Waals surface area contributed by atoms with E-state index in [1.54, 1.807) is 6.07 Å². The van der Waals surface area contributed by atoms with Gasteiger partial charge in [0.15, 0.2) is 11.5 Å². The molecule has 140 valence electrons. The summed E-state index contributed by atoms with van der Waals surface area (Å²) in [5.41, 5.74) is 0.501. The Labute approximate surface area is 151 Å². The normalized spacial score (nSPS) is 13.4. The fourth-order valence-electron chi connectivity index (χ4n) is 2.58. The van der Waals surface area contributed by atoms with Crippen LogP contribution < -0.4 is 14.8 Å². The van der Waals surface area contributed by atoms with Gasteiger partial charge >= 0.3 is 6.18 Å². The number of rotatable bonds is 4. The summed E-state index contributed by atoms with van der Waals surface area (Å²) < 4.78 is 54.0. The molecule has 1 N–H and O–H groups in total. The number of hydrogen-bond donors (Lipinski definition) is 1. The molecule has 0 radical (unpaired) electrons. The van der Waals surface area contributed by atoms with Gasteiger partial charge in [0.05, 0.1) is 12.1 Å². The van der Waals surface area contributed by atoms with Gasteiger partial charge in [-0.05, 0) is 24.3 Å². The number of nitrogens with zero attached hydrogens (tertiary/aromatic N) is 2. The fraction of sp³-hybridized carbons (Fsp3) is 0.222. The van der Waals surface area contributed by atoms with Gasteiger partial charge in [0, 0.05) is 17.3 Å². The topological polar surface area (TPSA) is 69.4 Å². The second-order valence-electron chi connectivity index (χ2n) is 5.80. The van der Waals surface area contributed by atoms with Crippen LogP contribution in [-0.4, -0.2) is 23.4 Å². The minimum Gasteiger partial charge on any atom is -0.486 e. The maximum atomic E-state index is 12.6. The molecule has 0 unspecified atom stereocenters. The van der Waals surface area contributed by atoms with Gasteiger partial charge in [-0.25, -0.2) is 0 Å². The summed E-state index contributed by atoms with van der Waals surface area (Å²) in [6, 6.07) is 10.0. The number of anilines is 1. The molecular formula is C18H14F3N3O3. The van der Waals surface area contributed by atoms with Crippen molar-refractivity contribution in [2.24, 2.45) is 0 Å². The summed E-state index contributed by atoms with van der Waals surface area (Å²) in [7, 11) is 0. The molecule has 1 aliphatic rings. The molecule has 9 heteroatoms. The van der Waals surface area contributed by atoms with Crippen LogP contribution in [0.25, 0.3) is 11.4 Å². The first-order chi connectivity index (χ1) is 13.0. The summed E-state index contributed by atoms with van der Waals surface area (Å²) >= 11 is 0. The highest BCUT2D eigenvalue weighted by Gasteiger charge is 2.30. The van der Waals surface area contributed by atoms with E-state index in [2.05, 4.69) is 15.5 Å². The Morgan fingerprint density at radius 1 is 0.963 bits per heavy atom. The first kappa shape index (κ1) is 17.2. The first-order valence-electron chi connectivity index (χ1n) is 8.13. The first-order valence-corrected chi connectivity index (χ1v) is 8.13. The Kier molecular flexibility index (Phi) is 4.35. The molecule has 4 rings (SSSR count). The number of alkyl halides is 3. The predicted molar refractivity (Wildman–Crippen MR) is 89.5 cm³/mol. The van der Waals surface area contributed by atoms with Crippen molar-refractivity contribution in [2.75, 3.05) is 18.5 Å².